The summed E-state index contributed by atoms with van der Waals surface area (Å²) < 4.78 is 58.0. The van der Waals surface area contributed by atoms with Crippen LogP contribution in [0, 0.1) is 5.82 Å². The van der Waals surface area contributed by atoms with E-state index in [0.717, 1.165) is 6.07 Å². The molecule has 134 valence electrons. The van der Waals surface area contributed by atoms with Gasteiger partial charge in [0.15, 0.2) is 11.6 Å². The Balaban J connectivity index is 2.02. The van der Waals surface area contributed by atoms with Crippen LogP contribution in [0.5, 0.6) is 5.75 Å². The van der Waals surface area contributed by atoms with Crippen LogP contribution in [0.3, 0.4) is 0 Å². The number of piperazine rings is 1. The normalized spacial score (nSPS) is 17.4. The molecule has 1 heterocycles. The molecular weight excluding hydrogens is 330 g/mol. The zero-order valence-corrected chi connectivity index (χ0v) is 13.1. The number of benzene rings is 1. The molecule has 0 radical (unpaired) electrons. The highest BCUT2D eigenvalue weighted by molar-refractivity contribution is 5.94. The second-order valence-electron chi connectivity index (χ2n) is 5.40. The second kappa shape index (κ2) is 7.80. The van der Waals surface area contributed by atoms with Crippen LogP contribution in [0.2, 0.25) is 0 Å². The molecule has 0 bridgehead atoms. The van der Waals surface area contributed by atoms with Gasteiger partial charge < -0.3 is 15.4 Å². The maximum Gasteiger partial charge on any atom is 0.405 e. The average Bonchev–Trinajstić information content (AvgIpc) is 2.54. The number of halogens is 4. The standard InChI is InChI=1S/C15H19F4N3O2/c1-24-12-3-2-10(8-11(12)16)14(23)21-9-13(15(17,18)19)22-6-4-20-5-7-22/h2-3,8,13,20H,4-7,9H2,1H3,(H,21,23). The molecule has 2 rings (SSSR count). The van der Waals surface area contributed by atoms with E-state index in [0.29, 0.717) is 13.1 Å². The van der Waals surface area contributed by atoms with E-state index in [1.165, 1.54) is 24.1 Å². The van der Waals surface area contributed by atoms with Crippen molar-refractivity contribution >= 4 is 5.91 Å². The average molecular weight is 349 g/mol. The van der Waals surface area contributed by atoms with Crippen molar-refractivity contribution < 1.29 is 27.1 Å². The van der Waals surface area contributed by atoms with Crippen molar-refractivity contribution in [1.82, 2.24) is 15.5 Å². The highest BCUT2D eigenvalue weighted by Gasteiger charge is 2.43. The molecule has 1 atom stereocenters. The molecule has 0 spiro atoms. The highest BCUT2D eigenvalue weighted by atomic mass is 19.4. The summed E-state index contributed by atoms with van der Waals surface area (Å²) in [6.45, 7) is 0.832. The molecular formula is C15H19F4N3O2. The van der Waals surface area contributed by atoms with Crippen LogP contribution in [-0.2, 0) is 0 Å². The third-order valence-corrected chi connectivity index (χ3v) is 3.84. The molecule has 1 saturated heterocycles. The molecule has 1 aliphatic heterocycles. The number of alkyl halides is 3. The van der Waals surface area contributed by atoms with Crippen LogP contribution in [0.4, 0.5) is 17.6 Å². The predicted molar refractivity (Wildman–Crippen MR) is 79.6 cm³/mol. The summed E-state index contributed by atoms with van der Waals surface area (Å²) in [5, 5.41) is 5.22. The number of amides is 1. The lowest BCUT2D eigenvalue weighted by atomic mass is 10.1. The lowest BCUT2D eigenvalue weighted by molar-refractivity contribution is -0.183. The molecule has 1 aromatic carbocycles. The molecule has 24 heavy (non-hydrogen) atoms. The minimum Gasteiger partial charge on any atom is -0.494 e. The maximum atomic E-state index is 13.6. The van der Waals surface area contributed by atoms with Crippen LogP contribution >= 0.6 is 0 Å². The van der Waals surface area contributed by atoms with Gasteiger partial charge in [-0.2, -0.15) is 13.2 Å². The highest BCUT2D eigenvalue weighted by Crippen LogP contribution is 2.25. The first-order valence-electron chi connectivity index (χ1n) is 7.46. The van der Waals surface area contributed by atoms with Crippen molar-refractivity contribution in [2.24, 2.45) is 0 Å². The molecule has 2 N–H and O–H groups in total. The first kappa shape index (κ1) is 18.5. The molecule has 0 aromatic heterocycles. The molecule has 1 aromatic rings. The van der Waals surface area contributed by atoms with Gasteiger partial charge in [-0.25, -0.2) is 4.39 Å². The number of carbonyl (C=O) groups is 1. The van der Waals surface area contributed by atoms with Crippen molar-refractivity contribution in [3.05, 3.63) is 29.6 Å². The number of nitrogens with one attached hydrogen (secondary N) is 2. The fourth-order valence-corrected chi connectivity index (χ4v) is 2.54. The van der Waals surface area contributed by atoms with Crippen molar-refractivity contribution in [1.29, 1.82) is 0 Å². The van der Waals surface area contributed by atoms with E-state index in [-0.39, 0.29) is 24.4 Å². The number of nitrogens with zero attached hydrogens (tertiary/aromatic N) is 1. The van der Waals surface area contributed by atoms with E-state index in [4.69, 9.17) is 4.74 Å². The largest absolute Gasteiger partial charge is 0.494 e. The Kier molecular flexibility index (Phi) is 6.00. The minimum absolute atomic E-state index is 0.0412. The smallest absolute Gasteiger partial charge is 0.405 e. The van der Waals surface area contributed by atoms with Gasteiger partial charge in [0, 0.05) is 38.3 Å². The van der Waals surface area contributed by atoms with E-state index in [1.54, 1.807) is 0 Å². The molecule has 5 nitrogen and oxygen atoms in total. The van der Waals surface area contributed by atoms with Gasteiger partial charge in [-0.1, -0.05) is 0 Å². The summed E-state index contributed by atoms with van der Waals surface area (Å²) >= 11 is 0. The monoisotopic (exact) mass is 349 g/mol. The first-order chi connectivity index (χ1) is 11.3. The van der Waals surface area contributed by atoms with Crippen molar-refractivity contribution in [3.63, 3.8) is 0 Å². The number of carbonyl (C=O) groups excluding carboxylic acids is 1. The topological polar surface area (TPSA) is 53.6 Å². The molecule has 9 heteroatoms. The molecule has 1 aliphatic rings. The van der Waals surface area contributed by atoms with E-state index < -0.39 is 30.5 Å². The van der Waals surface area contributed by atoms with Crippen molar-refractivity contribution in [3.8, 4) is 5.75 Å². The number of rotatable bonds is 5. The number of methoxy groups -OCH3 is 1. The van der Waals surface area contributed by atoms with Crippen LogP contribution in [-0.4, -0.2) is 62.9 Å². The first-order valence-corrected chi connectivity index (χ1v) is 7.46. The number of hydrogen-bond donors (Lipinski definition) is 2. The van der Waals surface area contributed by atoms with Gasteiger partial charge in [-0.3, -0.25) is 9.69 Å². The Morgan fingerprint density at radius 3 is 2.58 bits per heavy atom. The Morgan fingerprint density at radius 2 is 2.04 bits per heavy atom. The summed E-state index contributed by atoms with van der Waals surface area (Å²) in [7, 11) is 1.28. The molecule has 0 aliphatic carbocycles. The van der Waals surface area contributed by atoms with Gasteiger partial charge in [-0.05, 0) is 18.2 Å². The minimum atomic E-state index is -4.46. The predicted octanol–water partition coefficient (Wildman–Crippen LogP) is 1.40. The zero-order valence-electron chi connectivity index (χ0n) is 13.1. The Hall–Kier alpha value is -1.87. The molecule has 1 fully saturated rings. The number of hydrogen-bond acceptors (Lipinski definition) is 4. The summed E-state index contributed by atoms with van der Waals surface area (Å²) in [6, 6.07) is 1.71. The Labute approximate surface area is 137 Å². The van der Waals surface area contributed by atoms with E-state index in [9.17, 15) is 22.4 Å². The van der Waals surface area contributed by atoms with Crippen molar-refractivity contribution in [2.45, 2.75) is 12.2 Å². The number of ether oxygens (including phenoxy) is 1. The van der Waals surface area contributed by atoms with Crippen LogP contribution in [0.1, 0.15) is 10.4 Å². The van der Waals surface area contributed by atoms with Crippen molar-refractivity contribution in [2.75, 3.05) is 39.8 Å². The molecule has 1 amide bonds. The lowest BCUT2D eigenvalue weighted by Gasteiger charge is -2.35. The zero-order chi connectivity index (χ0) is 17.7. The van der Waals surface area contributed by atoms with Gasteiger partial charge in [0.2, 0.25) is 0 Å². The van der Waals surface area contributed by atoms with E-state index >= 15 is 0 Å². The summed E-state index contributed by atoms with van der Waals surface area (Å²) in [5.41, 5.74) is -0.0606. The second-order valence-corrected chi connectivity index (χ2v) is 5.40. The molecule has 0 saturated carbocycles. The van der Waals surface area contributed by atoms with Gasteiger partial charge in [0.1, 0.15) is 6.04 Å². The van der Waals surface area contributed by atoms with Crippen LogP contribution in [0.25, 0.3) is 0 Å². The van der Waals surface area contributed by atoms with Crippen LogP contribution in [0.15, 0.2) is 18.2 Å². The van der Waals surface area contributed by atoms with Crippen LogP contribution < -0.4 is 15.4 Å². The Morgan fingerprint density at radius 1 is 1.38 bits per heavy atom. The summed E-state index contributed by atoms with van der Waals surface area (Å²) in [4.78, 5) is 13.3. The third kappa shape index (κ3) is 4.57. The van der Waals surface area contributed by atoms with E-state index in [2.05, 4.69) is 10.6 Å². The lowest BCUT2D eigenvalue weighted by Crippen LogP contribution is -2.57. The molecule has 1 unspecified atom stereocenters. The fraction of sp³-hybridized carbons (Fsp3) is 0.533. The SMILES string of the molecule is COc1ccc(C(=O)NCC(N2CCNCC2)C(F)(F)F)cc1F. The van der Waals surface area contributed by atoms with Gasteiger partial charge in [0.25, 0.3) is 5.91 Å². The third-order valence-electron chi connectivity index (χ3n) is 3.84. The summed E-state index contributed by atoms with van der Waals surface area (Å²) in [5.74, 6) is -1.55. The quantitative estimate of drug-likeness (QED) is 0.789. The van der Waals surface area contributed by atoms with E-state index in [1.807, 2.05) is 0 Å². The Bertz CT molecular complexity index is 574. The maximum absolute atomic E-state index is 13.6. The van der Waals surface area contributed by atoms with Gasteiger partial charge in [-0.15, -0.1) is 0 Å². The van der Waals surface area contributed by atoms with Gasteiger partial charge in [0.05, 0.1) is 7.11 Å². The van der Waals surface area contributed by atoms with Gasteiger partial charge >= 0.3 is 6.18 Å². The summed E-state index contributed by atoms with van der Waals surface area (Å²) in [6.07, 6.45) is -4.46. The fourth-order valence-electron chi connectivity index (χ4n) is 2.54.